The lowest BCUT2D eigenvalue weighted by molar-refractivity contribution is -0.119. The molecular formula is C22H20ClN3O4. The highest BCUT2D eigenvalue weighted by Gasteiger charge is 2.13. The molecule has 0 radical (unpaired) electrons. The second-order valence-corrected chi connectivity index (χ2v) is 7.20. The minimum Gasteiger partial charge on any atom is -0.452 e. The maximum absolute atomic E-state index is 12.3. The summed E-state index contributed by atoms with van der Waals surface area (Å²) in [5.41, 5.74) is 2.74. The van der Waals surface area contributed by atoms with Crippen molar-refractivity contribution >= 4 is 45.8 Å². The van der Waals surface area contributed by atoms with Gasteiger partial charge in [0.1, 0.15) is 5.15 Å². The van der Waals surface area contributed by atoms with E-state index in [9.17, 15) is 9.59 Å². The van der Waals surface area contributed by atoms with Crippen LogP contribution in [-0.4, -0.2) is 49.8 Å². The van der Waals surface area contributed by atoms with Gasteiger partial charge in [0.2, 0.25) is 0 Å². The fourth-order valence-corrected chi connectivity index (χ4v) is 3.37. The lowest BCUT2D eigenvalue weighted by atomic mass is 10.1. The smallest absolute Gasteiger partial charge is 0.338 e. The van der Waals surface area contributed by atoms with Crippen LogP contribution in [0.2, 0.25) is 5.15 Å². The number of rotatable bonds is 5. The predicted octanol–water partition coefficient (Wildman–Crippen LogP) is 3.52. The zero-order valence-electron chi connectivity index (χ0n) is 16.1. The van der Waals surface area contributed by atoms with E-state index in [-0.39, 0.29) is 6.61 Å². The molecule has 30 heavy (non-hydrogen) atoms. The summed E-state index contributed by atoms with van der Waals surface area (Å²) in [7, 11) is 0. The van der Waals surface area contributed by atoms with Crippen molar-refractivity contribution < 1.29 is 19.1 Å². The van der Waals surface area contributed by atoms with Crippen molar-refractivity contribution in [1.82, 2.24) is 4.98 Å². The molecule has 1 amide bonds. The molecule has 1 aliphatic rings. The first-order chi connectivity index (χ1) is 14.6. The number of nitrogens with one attached hydrogen (secondary N) is 1. The molecule has 2 heterocycles. The predicted molar refractivity (Wildman–Crippen MR) is 115 cm³/mol. The number of ether oxygens (including phenoxy) is 2. The van der Waals surface area contributed by atoms with Crippen molar-refractivity contribution in [1.29, 1.82) is 0 Å². The Morgan fingerprint density at radius 3 is 2.60 bits per heavy atom. The second kappa shape index (κ2) is 9.11. The van der Waals surface area contributed by atoms with E-state index in [0.717, 1.165) is 24.2 Å². The molecule has 1 aliphatic heterocycles. The Balaban J connectivity index is 1.31. The fourth-order valence-electron chi connectivity index (χ4n) is 3.22. The third-order valence-corrected chi connectivity index (χ3v) is 4.96. The molecule has 8 heteroatoms. The number of amides is 1. The van der Waals surface area contributed by atoms with Crippen LogP contribution in [0.25, 0.3) is 10.9 Å². The number of halogens is 1. The van der Waals surface area contributed by atoms with Crippen molar-refractivity contribution in [2.75, 3.05) is 43.1 Å². The normalized spacial score (nSPS) is 13.8. The highest BCUT2D eigenvalue weighted by Crippen LogP contribution is 2.20. The Morgan fingerprint density at radius 1 is 1.07 bits per heavy atom. The molecule has 0 aliphatic carbocycles. The summed E-state index contributed by atoms with van der Waals surface area (Å²) in [5.74, 6) is -0.985. The van der Waals surface area contributed by atoms with Crippen LogP contribution in [0.3, 0.4) is 0 Å². The van der Waals surface area contributed by atoms with E-state index in [0.29, 0.717) is 35.1 Å². The third kappa shape index (κ3) is 4.87. The summed E-state index contributed by atoms with van der Waals surface area (Å²) in [5, 5.41) is 3.88. The first-order valence-corrected chi connectivity index (χ1v) is 9.92. The van der Waals surface area contributed by atoms with Gasteiger partial charge in [-0.05, 0) is 54.6 Å². The van der Waals surface area contributed by atoms with Gasteiger partial charge in [-0.25, -0.2) is 9.78 Å². The first kappa shape index (κ1) is 20.1. The standard InChI is InChI=1S/C22H20ClN3O4/c23-20-8-2-15-13-16(1-7-19(15)25-20)22(28)30-14-21(27)24-17-3-5-18(6-4-17)26-9-11-29-12-10-26/h1-8,13H,9-12,14H2,(H,24,27). The number of benzene rings is 2. The Morgan fingerprint density at radius 2 is 1.83 bits per heavy atom. The lowest BCUT2D eigenvalue weighted by Crippen LogP contribution is -2.36. The molecule has 0 atom stereocenters. The van der Waals surface area contributed by atoms with Crippen molar-refractivity contribution in [2.24, 2.45) is 0 Å². The quantitative estimate of drug-likeness (QED) is 0.497. The van der Waals surface area contributed by atoms with Gasteiger partial charge < -0.3 is 19.7 Å². The molecule has 0 spiro atoms. The van der Waals surface area contributed by atoms with Crippen LogP contribution < -0.4 is 10.2 Å². The average molecular weight is 426 g/mol. The number of nitrogens with zero attached hydrogens (tertiary/aromatic N) is 2. The van der Waals surface area contributed by atoms with E-state index >= 15 is 0 Å². The number of carbonyl (C=O) groups excluding carboxylic acids is 2. The molecular weight excluding hydrogens is 406 g/mol. The molecule has 0 unspecified atom stereocenters. The first-order valence-electron chi connectivity index (χ1n) is 9.54. The number of hydrogen-bond acceptors (Lipinski definition) is 6. The molecule has 2 aromatic carbocycles. The van der Waals surface area contributed by atoms with Crippen LogP contribution in [0.1, 0.15) is 10.4 Å². The fraction of sp³-hybridized carbons (Fsp3) is 0.227. The molecule has 0 saturated carbocycles. The monoisotopic (exact) mass is 425 g/mol. The Bertz CT molecular complexity index is 1070. The van der Waals surface area contributed by atoms with Gasteiger partial charge in [0.25, 0.3) is 5.91 Å². The van der Waals surface area contributed by atoms with Gasteiger partial charge in [-0.15, -0.1) is 0 Å². The van der Waals surface area contributed by atoms with Gasteiger partial charge in [-0.2, -0.15) is 0 Å². The van der Waals surface area contributed by atoms with E-state index in [4.69, 9.17) is 21.1 Å². The lowest BCUT2D eigenvalue weighted by Gasteiger charge is -2.28. The maximum atomic E-state index is 12.3. The van der Waals surface area contributed by atoms with E-state index in [2.05, 4.69) is 15.2 Å². The van der Waals surface area contributed by atoms with Crippen LogP contribution in [0.15, 0.2) is 54.6 Å². The average Bonchev–Trinajstić information content (AvgIpc) is 2.78. The summed E-state index contributed by atoms with van der Waals surface area (Å²) in [6, 6.07) is 15.9. The van der Waals surface area contributed by atoms with Gasteiger partial charge in [0, 0.05) is 29.9 Å². The van der Waals surface area contributed by atoms with Gasteiger partial charge in [0.15, 0.2) is 6.61 Å². The largest absolute Gasteiger partial charge is 0.452 e. The number of esters is 1. The highest BCUT2D eigenvalue weighted by atomic mass is 35.5. The molecule has 1 saturated heterocycles. The van der Waals surface area contributed by atoms with Gasteiger partial charge in [-0.3, -0.25) is 4.79 Å². The summed E-state index contributed by atoms with van der Waals surface area (Å²) in [6.45, 7) is 2.75. The number of aromatic nitrogens is 1. The molecule has 154 valence electrons. The minimum atomic E-state index is -0.579. The third-order valence-electron chi connectivity index (χ3n) is 4.75. The number of pyridine rings is 1. The van der Waals surface area contributed by atoms with Gasteiger partial charge >= 0.3 is 5.97 Å². The van der Waals surface area contributed by atoms with Crippen molar-refractivity contribution in [3.63, 3.8) is 0 Å². The van der Waals surface area contributed by atoms with Gasteiger partial charge in [0.05, 0.1) is 24.3 Å². The molecule has 1 fully saturated rings. The van der Waals surface area contributed by atoms with E-state index < -0.39 is 11.9 Å². The topological polar surface area (TPSA) is 80.8 Å². The summed E-state index contributed by atoms with van der Waals surface area (Å²) < 4.78 is 10.5. The minimum absolute atomic E-state index is 0.342. The Kier molecular flexibility index (Phi) is 6.11. The molecule has 3 aromatic rings. The summed E-state index contributed by atoms with van der Waals surface area (Å²) in [4.78, 5) is 30.8. The zero-order valence-corrected chi connectivity index (χ0v) is 16.9. The van der Waals surface area contributed by atoms with E-state index in [1.54, 1.807) is 30.3 Å². The number of morpholine rings is 1. The number of fused-ring (bicyclic) bond motifs is 1. The van der Waals surface area contributed by atoms with Crippen LogP contribution in [0.5, 0.6) is 0 Å². The van der Waals surface area contributed by atoms with Crippen LogP contribution in [-0.2, 0) is 14.3 Å². The number of hydrogen-bond donors (Lipinski definition) is 1. The molecule has 7 nitrogen and oxygen atoms in total. The van der Waals surface area contributed by atoms with E-state index in [1.807, 2.05) is 24.3 Å². The second-order valence-electron chi connectivity index (χ2n) is 6.81. The maximum Gasteiger partial charge on any atom is 0.338 e. The van der Waals surface area contributed by atoms with E-state index in [1.165, 1.54) is 0 Å². The van der Waals surface area contributed by atoms with Crippen LogP contribution >= 0.6 is 11.6 Å². The SMILES string of the molecule is O=C(COC(=O)c1ccc2nc(Cl)ccc2c1)Nc1ccc(N2CCOCC2)cc1. The highest BCUT2D eigenvalue weighted by molar-refractivity contribution is 6.29. The van der Waals surface area contributed by atoms with Crippen LogP contribution in [0, 0.1) is 0 Å². The Labute approximate surface area is 178 Å². The summed E-state index contributed by atoms with van der Waals surface area (Å²) in [6.07, 6.45) is 0. The Hall–Kier alpha value is -3.16. The van der Waals surface area contributed by atoms with Crippen LogP contribution in [0.4, 0.5) is 11.4 Å². The van der Waals surface area contributed by atoms with Crippen molar-refractivity contribution in [3.05, 3.63) is 65.3 Å². The zero-order chi connectivity index (χ0) is 20.9. The number of carbonyl (C=O) groups is 2. The molecule has 1 aromatic heterocycles. The molecule has 0 bridgehead atoms. The van der Waals surface area contributed by atoms with Crippen molar-refractivity contribution in [3.8, 4) is 0 Å². The van der Waals surface area contributed by atoms with Crippen molar-refractivity contribution in [2.45, 2.75) is 0 Å². The molecule has 4 rings (SSSR count). The van der Waals surface area contributed by atoms with Gasteiger partial charge in [-0.1, -0.05) is 11.6 Å². The molecule has 1 N–H and O–H groups in total. The summed E-state index contributed by atoms with van der Waals surface area (Å²) >= 11 is 5.87. The number of anilines is 2.